The molecule has 1 amide bonds. The summed E-state index contributed by atoms with van der Waals surface area (Å²) >= 11 is 3.48. The maximum atomic E-state index is 13.0. The van der Waals surface area contributed by atoms with Crippen LogP contribution in [0.15, 0.2) is 57.7 Å². The van der Waals surface area contributed by atoms with Crippen LogP contribution in [0.4, 0.5) is 5.82 Å². The molecule has 0 aliphatic rings. The molecule has 0 fully saturated rings. The first-order valence-electron chi connectivity index (χ1n) is 10.5. The highest BCUT2D eigenvalue weighted by molar-refractivity contribution is 9.10. The van der Waals surface area contributed by atoms with Crippen LogP contribution in [-0.2, 0) is 13.2 Å². The fraction of sp³-hybridized carbons (Fsp3) is 0.240. The molecule has 0 atom stereocenters. The molecule has 0 saturated heterocycles. The zero-order chi connectivity index (χ0) is 23.5. The Labute approximate surface area is 200 Å². The van der Waals surface area contributed by atoms with Crippen molar-refractivity contribution in [2.24, 2.45) is 0 Å². The van der Waals surface area contributed by atoms with Gasteiger partial charge < -0.3 is 14.6 Å². The molecule has 2 aromatic carbocycles. The minimum atomic E-state index is -0.409. The van der Waals surface area contributed by atoms with Crippen LogP contribution in [0.25, 0.3) is 0 Å². The first-order chi connectivity index (χ1) is 15.8. The average Bonchev–Trinajstić information content (AvgIpc) is 3.30. The van der Waals surface area contributed by atoms with E-state index in [1.807, 2.05) is 50.4 Å². The summed E-state index contributed by atoms with van der Waals surface area (Å²) in [4.78, 5) is 13.0. The Hall–Kier alpha value is -3.39. The molecule has 4 aromatic rings. The number of carbonyl (C=O) groups excluding carboxylic acids is 1. The highest BCUT2D eigenvalue weighted by Crippen LogP contribution is 2.25. The molecule has 0 saturated carbocycles. The standard InChI is InChI=1S/C25H25BrN4O3/c1-15-6-5-7-19(10-15)12-30-13-21(26)24(28-30)27-25(31)23-20(18(4)33-29-23)14-32-22-11-16(2)8-9-17(22)3/h5-11,13H,12,14H2,1-4H3,(H,27,28,31). The van der Waals surface area contributed by atoms with Gasteiger partial charge in [-0.2, -0.15) is 5.10 Å². The van der Waals surface area contributed by atoms with Crippen molar-refractivity contribution in [1.29, 1.82) is 0 Å². The largest absolute Gasteiger partial charge is 0.488 e. The van der Waals surface area contributed by atoms with E-state index in [0.29, 0.717) is 28.2 Å². The van der Waals surface area contributed by atoms with Gasteiger partial charge in [0.05, 0.1) is 16.6 Å². The number of hydrogen-bond acceptors (Lipinski definition) is 5. The zero-order valence-corrected chi connectivity index (χ0v) is 20.6. The van der Waals surface area contributed by atoms with E-state index in [1.54, 1.807) is 11.6 Å². The Bertz CT molecular complexity index is 1310. The summed E-state index contributed by atoms with van der Waals surface area (Å²) < 4.78 is 13.7. The van der Waals surface area contributed by atoms with Gasteiger partial charge in [0.15, 0.2) is 11.5 Å². The van der Waals surface area contributed by atoms with Gasteiger partial charge in [-0.05, 0) is 66.4 Å². The smallest absolute Gasteiger partial charge is 0.279 e. The maximum Gasteiger partial charge on any atom is 0.279 e. The molecule has 0 unspecified atom stereocenters. The SMILES string of the molecule is Cc1cccc(Cn2cc(Br)c(NC(=O)c3noc(C)c3COc3cc(C)ccc3C)n2)c1. The summed E-state index contributed by atoms with van der Waals surface area (Å²) in [6, 6.07) is 14.2. The fourth-order valence-corrected chi connectivity index (χ4v) is 3.89. The van der Waals surface area contributed by atoms with Gasteiger partial charge in [-0.25, -0.2) is 0 Å². The predicted octanol–water partition coefficient (Wildman–Crippen LogP) is 5.75. The van der Waals surface area contributed by atoms with Crippen molar-refractivity contribution in [2.75, 3.05) is 5.32 Å². The second-order valence-electron chi connectivity index (χ2n) is 8.09. The van der Waals surface area contributed by atoms with Crippen LogP contribution in [0.5, 0.6) is 5.75 Å². The van der Waals surface area contributed by atoms with Crippen molar-refractivity contribution in [3.63, 3.8) is 0 Å². The Balaban J connectivity index is 1.48. The molecule has 2 heterocycles. The van der Waals surface area contributed by atoms with Gasteiger partial charge >= 0.3 is 0 Å². The van der Waals surface area contributed by atoms with Crippen molar-refractivity contribution in [3.8, 4) is 5.75 Å². The lowest BCUT2D eigenvalue weighted by molar-refractivity contribution is 0.101. The van der Waals surface area contributed by atoms with Crippen LogP contribution in [-0.4, -0.2) is 20.8 Å². The summed E-state index contributed by atoms with van der Waals surface area (Å²) in [5.74, 6) is 1.30. The average molecular weight is 509 g/mol. The highest BCUT2D eigenvalue weighted by Gasteiger charge is 2.22. The lowest BCUT2D eigenvalue weighted by Gasteiger charge is -2.10. The summed E-state index contributed by atoms with van der Waals surface area (Å²) in [7, 11) is 0. The first-order valence-corrected chi connectivity index (χ1v) is 11.3. The van der Waals surface area contributed by atoms with Crippen molar-refractivity contribution in [2.45, 2.75) is 40.8 Å². The quantitative estimate of drug-likeness (QED) is 0.343. The van der Waals surface area contributed by atoms with Crippen LogP contribution >= 0.6 is 15.9 Å². The second-order valence-corrected chi connectivity index (χ2v) is 8.94. The topological polar surface area (TPSA) is 82.2 Å². The molecule has 0 spiro atoms. The maximum absolute atomic E-state index is 13.0. The van der Waals surface area contributed by atoms with Crippen LogP contribution in [0, 0.1) is 27.7 Å². The van der Waals surface area contributed by atoms with E-state index in [-0.39, 0.29) is 12.3 Å². The molecule has 4 rings (SSSR count). The number of aromatic nitrogens is 3. The monoisotopic (exact) mass is 508 g/mol. The van der Waals surface area contributed by atoms with Gasteiger partial charge in [-0.3, -0.25) is 9.48 Å². The molecule has 1 N–H and O–H groups in total. The first kappa shape index (κ1) is 22.8. The Morgan fingerprint density at radius 3 is 2.70 bits per heavy atom. The molecule has 170 valence electrons. The molecular formula is C25H25BrN4O3. The van der Waals surface area contributed by atoms with Crippen molar-refractivity contribution >= 4 is 27.7 Å². The second kappa shape index (κ2) is 9.62. The third kappa shape index (κ3) is 5.34. The summed E-state index contributed by atoms with van der Waals surface area (Å²) in [5.41, 5.74) is 5.21. The number of amides is 1. The number of nitrogens with zero attached hydrogens (tertiary/aromatic N) is 3. The van der Waals surface area contributed by atoms with Gasteiger partial charge in [0.2, 0.25) is 0 Å². The summed E-state index contributed by atoms with van der Waals surface area (Å²) in [5, 5.41) is 11.3. The van der Waals surface area contributed by atoms with Gasteiger partial charge in [0.25, 0.3) is 5.91 Å². The van der Waals surface area contributed by atoms with Gasteiger partial charge in [-0.1, -0.05) is 47.1 Å². The minimum absolute atomic E-state index is 0.172. The molecule has 7 nitrogen and oxygen atoms in total. The number of anilines is 1. The van der Waals surface area contributed by atoms with E-state index < -0.39 is 5.91 Å². The van der Waals surface area contributed by atoms with Crippen molar-refractivity contribution in [3.05, 3.63) is 92.4 Å². The number of carbonyl (C=O) groups is 1. The third-order valence-electron chi connectivity index (χ3n) is 5.29. The molecule has 0 bridgehead atoms. The number of benzene rings is 2. The van der Waals surface area contributed by atoms with Crippen LogP contribution in [0.2, 0.25) is 0 Å². The molecule has 8 heteroatoms. The number of hydrogen-bond donors (Lipinski definition) is 1. The zero-order valence-electron chi connectivity index (χ0n) is 19.0. The predicted molar refractivity (Wildman–Crippen MR) is 130 cm³/mol. The molecule has 0 aliphatic heterocycles. The molecule has 0 radical (unpaired) electrons. The van der Waals surface area contributed by atoms with Crippen molar-refractivity contribution in [1.82, 2.24) is 14.9 Å². The van der Waals surface area contributed by atoms with Crippen LogP contribution in [0.1, 0.15) is 44.1 Å². The number of ether oxygens (including phenoxy) is 1. The fourth-order valence-electron chi connectivity index (χ4n) is 3.48. The summed E-state index contributed by atoms with van der Waals surface area (Å²) in [6.07, 6.45) is 1.83. The molecule has 0 aliphatic carbocycles. The lowest BCUT2D eigenvalue weighted by atomic mass is 10.1. The van der Waals surface area contributed by atoms with E-state index in [9.17, 15) is 4.79 Å². The van der Waals surface area contributed by atoms with E-state index >= 15 is 0 Å². The number of nitrogens with one attached hydrogen (secondary N) is 1. The van der Waals surface area contributed by atoms with Gasteiger partial charge in [0, 0.05) is 6.20 Å². The number of halogens is 1. The Morgan fingerprint density at radius 2 is 1.91 bits per heavy atom. The van der Waals surface area contributed by atoms with Gasteiger partial charge in [-0.15, -0.1) is 0 Å². The minimum Gasteiger partial charge on any atom is -0.488 e. The third-order valence-corrected chi connectivity index (χ3v) is 5.87. The summed E-state index contributed by atoms with van der Waals surface area (Å²) in [6.45, 7) is 8.56. The van der Waals surface area contributed by atoms with E-state index in [0.717, 1.165) is 22.4 Å². The van der Waals surface area contributed by atoms with Crippen LogP contribution < -0.4 is 10.1 Å². The Kier molecular flexibility index (Phi) is 6.65. The van der Waals surface area contributed by atoms with Gasteiger partial charge in [0.1, 0.15) is 18.1 Å². The molecule has 2 aromatic heterocycles. The van der Waals surface area contributed by atoms with E-state index in [2.05, 4.69) is 50.6 Å². The lowest BCUT2D eigenvalue weighted by Crippen LogP contribution is -2.16. The number of rotatable bonds is 7. The molecule has 33 heavy (non-hydrogen) atoms. The highest BCUT2D eigenvalue weighted by atomic mass is 79.9. The molecular weight excluding hydrogens is 484 g/mol. The van der Waals surface area contributed by atoms with Crippen molar-refractivity contribution < 1.29 is 14.1 Å². The Morgan fingerprint density at radius 1 is 1.12 bits per heavy atom. The normalized spacial score (nSPS) is 10.9. The number of aryl methyl sites for hydroxylation is 4. The van der Waals surface area contributed by atoms with E-state index in [1.165, 1.54) is 5.56 Å². The van der Waals surface area contributed by atoms with Crippen LogP contribution in [0.3, 0.4) is 0 Å². The van der Waals surface area contributed by atoms with E-state index in [4.69, 9.17) is 9.26 Å².